The molecule has 1 aromatic rings. The maximum Gasteiger partial charge on any atom is 0.453 e. The van der Waals surface area contributed by atoms with E-state index in [0.29, 0.717) is 3.57 Å². The predicted molar refractivity (Wildman–Crippen MR) is 64.3 cm³/mol. The minimum atomic E-state index is -5.67. The fourth-order valence-corrected chi connectivity index (χ4v) is 2.49. The van der Waals surface area contributed by atoms with E-state index in [0.717, 1.165) is 6.92 Å². The Bertz CT molecular complexity index is 428. The first kappa shape index (κ1) is 15.6. The van der Waals surface area contributed by atoms with Gasteiger partial charge in [0.15, 0.2) is 0 Å². The average molecular weight is 380 g/mol. The molecule has 0 amide bonds. The van der Waals surface area contributed by atoms with Gasteiger partial charge in [0.2, 0.25) is 0 Å². The molecular formula is C11H10F5IO. The van der Waals surface area contributed by atoms with Crippen LogP contribution in [0.2, 0.25) is 0 Å². The molecule has 102 valence electrons. The highest BCUT2D eigenvalue weighted by atomic mass is 127. The molecule has 0 radical (unpaired) electrons. The number of hydrogen-bond acceptors (Lipinski definition) is 1. The van der Waals surface area contributed by atoms with E-state index >= 15 is 0 Å². The number of hydrogen-bond donors (Lipinski definition) is 1. The molecule has 0 spiro atoms. The van der Waals surface area contributed by atoms with Gasteiger partial charge >= 0.3 is 12.1 Å². The van der Waals surface area contributed by atoms with E-state index in [-0.39, 0.29) is 5.56 Å². The van der Waals surface area contributed by atoms with Gasteiger partial charge in [0.05, 0.1) is 12.0 Å². The first-order valence-corrected chi connectivity index (χ1v) is 5.97. The Kier molecular flexibility index (Phi) is 4.26. The van der Waals surface area contributed by atoms with Crippen LogP contribution in [0, 0.1) is 3.57 Å². The minimum absolute atomic E-state index is 0.0505. The van der Waals surface area contributed by atoms with E-state index in [4.69, 9.17) is 0 Å². The molecule has 0 aliphatic carbocycles. The maximum absolute atomic E-state index is 13.0. The van der Waals surface area contributed by atoms with Crippen molar-refractivity contribution in [2.24, 2.45) is 0 Å². The van der Waals surface area contributed by atoms with Crippen LogP contribution in [-0.2, 0) is 5.60 Å². The summed E-state index contributed by atoms with van der Waals surface area (Å²) in [4.78, 5) is 0. The maximum atomic E-state index is 13.0. The highest BCUT2D eigenvalue weighted by molar-refractivity contribution is 14.1. The van der Waals surface area contributed by atoms with E-state index < -0.39 is 24.1 Å². The largest absolute Gasteiger partial charge is 0.453 e. The average Bonchev–Trinajstić information content (AvgIpc) is 2.14. The van der Waals surface area contributed by atoms with E-state index in [1.54, 1.807) is 28.7 Å². The first-order valence-electron chi connectivity index (χ1n) is 4.89. The molecule has 0 heterocycles. The van der Waals surface area contributed by atoms with Crippen molar-refractivity contribution in [3.63, 3.8) is 0 Å². The Labute approximate surface area is 114 Å². The fraction of sp³-hybridized carbons (Fsp3) is 0.455. The second kappa shape index (κ2) is 4.92. The molecule has 1 unspecified atom stereocenters. The molecule has 7 heteroatoms. The van der Waals surface area contributed by atoms with Crippen LogP contribution in [0.1, 0.15) is 18.9 Å². The normalized spacial score (nSPS) is 16.4. The number of aliphatic hydroxyl groups is 1. The first-order chi connectivity index (χ1) is 7.97. The Morgan fingerprint density at radius 3 is 2.06 bits per heavy atom. The summed E-state index contributed by atoms with van der Waals surface area (Å²) in [5.74, 6) is -4.94. The summed E-state index contributed by atoms with van der Waals surface area (Å²) < 4.78 is 62.7. The van der Waals surface area contributed by atoms with Crippen molar-refractivity contribution in [2.45, 2.75) is 31.0 Å². The summed E-state index contributed by atoms with van der Waals surface area (Å²) >= 11 is 1.77. The predicted octanol–water partition coefficient (Wildman–Crippen LogP) is 4.09. The smallest absolute Gasteiger partial charge is 0.385 e. The van der Waals surface area contributed by atoms with Gasteiger partial charge in [0.25, 0.3) is 0 Å². The van der Waals surface area contributed by atoms with Crippen LogP contribution >= 0.6 is 22.6 Å². The molecule has 0 fully saturated rings. The standard InChI is InChI=1S/C11H10F5IO/c1-9(18,6-10(12,13)11(14,15)16)7-4-2-3-5-8(7)17/h2-5,18H,6H2,1H3. The summed E-state index contributed by atoms with van der Waals surface area (Å²) in [5.41, 5.74) is -2.20. The van der Waals surface area contributed by atoms with Gasteiger partial charge in [-0.3, -0.25) is 0 Å². The second-order valence-corrected chi connectivity index (χ2v) is 5.29. The van der Waals surface area contributed by atoms with Crippen molar-refractivity contribution in [2.75, 3.05) is 0 Å². The lowest BCUT2D eigenvalue weighted by Crippen LogP contribution is -2.42. The van der Waals surface area contributed by atoms with Gasteiger partial charge in [0, 0.05) is 3.57 Å². The minimum Gasteiger partial charge on any atom is -0.385 e. The van der Waals surface area contributed by atoms with Crippen molar-refractivity contribution >= 4 is 22.6 Å². The van der Waals surface area contributed by atoms with Crippen molar-refractivity contribution in [1.82, 2.24) is 0 Å². The molecule has 18 heavy (non-hydrogen) atoms. The molecule has 0 saturated carbocycles. The number of rotatable bonds is 3. The summed E-state index contributed by atoms with van der Waals surface area (Å²) in [6.07, 6.45) is -7.37. The van der Waals surface area contributed by atoms with Gasteiger partial charge in [-0.2, -0.15) is 22.0 Å². The van der Waals surface area contributed by atoms with Crippen LogP contribution in [0.15, 0.2) is 24.3 Å². The summed E-state index contributed by atoms with van der Waals surface area (Å²) in [5, 5.41) is 9.88. The summed E-state index contributed by atoms with van der Waals surface area (Å²) in [6, 6.07) is 5.92. The Hall–Kier alpha value is -0.440. The third kappa shape index (κ3) is 3.31. The van der Waals surface area contributed by atoms with Crippen molar-refractivity contribution in [3.05, 3.63) is 33.4 Å². The van der Waals surface area contributed by atoms with Crippen LogP contribution in [0.25, 0.3) is 0 Å². The molecule has 1 atom stereocenters. The number of halogens is 6. The third-order valence-electron chi connectivity index (χ3n) is 2.44. The van der Waals surface area contributed by atoms with Gasteiger partial charge in [-0.1, -0.05) is 18.2 Å². The summed E-state index contributed by atoms with van der Waals surface area (Å²) in [6.45, 7) is 0.949. The Balaban J connectivity index is 3.06. The molecule has 0 bridgehead atoms. The van der Waals surface area contributed by atoms with Gasteiger partial charge in [-0.25, -0.2) is 0 Å². The molecule has 1 nitrogen and oxygen atoms in total. The Morgan fingerprint density at radius 2 is 1.61 bits per heavy atom. The highest BCUT2D eigenvalue weighted by Gasteiger charge is 2.60. The van der Waals surface area contributed by atoms with Crippen LogP contribution < -0.4 is 0 Å². The van der Waals surface area contributed by atoms with Crippen LogP contribution in [0.5, 0.6) is 0 Å². The molecule has 0 aromatic heterocycles. The lowest BCUT2D eigenvalue weighted by Gasteiger charge is -2.30. The van der Waals surface area contributed by atoms with E-state index in [1.807, 2.05) is 0 Å². The van der Waals surface area contributed by atoms with Crippen molar-refractivity contribution in [3.8, 4) is 0 Å². The van der Waals surface area contributed by atoms with Crippen molar-refractivity contribution in [1.29, 1.82) is 0 Å². The molecule has 0 aliphatic rings. The van der Waals surface area contributed by atoms with Gasteiger partial charge in [0.1, 0.15) is 0 Å². The van der Waals surface area contributed by atoms with Crippen LogP contribution in [0.3, 0.4) is 0 Å². The fourth-order valence-electron chi connectivity index (χ4n) is 1.53. The second-order valence-electron chi connectivity index (χ2n) is 4.13. The zero-order chi connectivity index (χ0) is 14.2. The molecule has 1 aromatic carbocycles. The SMILES string of the molecule is CC(O)(CC(F)(F)C(F)(F)F)c1ccccc1I. The number of alkyl halides is 5. The number of benzene rings is 1. The van der Waals surface area contributed by atoms with Crippen LogP contribution in [0.4, 0.5) is 22.0 Å². The van der Waals surface area contributed by atoms with Crippen LogP contribution in [-0.4, -0.2) is 17.2 Å². The Morgan fingerprint density at radius 1 is 1.11 bits per heavy atom. The third-order valence-corrected chi connectivity index (χ3v) is 3.38. The van der Waals surface area contributed by atoms with Gasteiger partial charge in [-0.15, -0.1) is 0 Å². The van der Waals surface area contributed by atoms with E-state index in [9.17, 15) is 27.1 Å². The molecule has 1 rings (SSSR count). The zero-order valence-electron chi connectivity index (χ0n) is 9.23. The molecule has 0 aliphatic heterocycles. The summed E-state index contributed by atoms with van der Waals surface area (Å²) in [7, 11) is 0. The molecular weight excluding hydrogens is 370 g/mol. The molecule has 1 N–H and O–H groups in total. The lowest BCUT2D eigenvalue weighted by atomic mass is 9.89. The lowest BCUT2D eigenvalue weighted by molar-refractivity contribution is -0.297. The van der Waals surface area contributed by atoms with Gasteiger partial charge < -0.3 is 5.11 Å². The monoisotopic (exact) mass is 380 g/mol. The van der Waals surface area contributed by atoms with Gasteiger partial charge in [-0.05, 0) is 41.1 Å². The van der Waals surface area contributed by atoms with Crippen molar-refractivity contribution < 1.29 is 27.1 Å². The zero-order valence-corrected chi connectivity index (χ0v) is 11.4. The topological polar surface area (TPSA) is 20.2 Å². The van der Waals surface area contributed by atoms with E-state index in [1.165, 1.54) is 18.2 Å². The van der Waals surface area contributed by atoms with E-state index in [2.05, 4.69) is 0 Å². The quantitative estimate of drug-likeness (QED) is 0.619. The molecule has 0 saturated heterocycles. The highest BCUT2D eigenvalue weighted by Crippen LogP contribution is 2.44.